The summed E-state index contributed by atoms with van der Waals surface area (Å²) in [5, 5.41) is 12.1. The van der Waals surface area contributed by atoms with Crippen LogP contribution in [0.5, 0.6) is 5.75 Å². The number of carbonyl (C=O) groups is 1. The van der Waals surface area contributed by atoms with Crippen LogP contribution in [0.15, 0.2) is 46.9 Å². The van der Waals surface area contributed by atoms with Crippen molar-refractivity contribution in [2.75, 3.05) is 12.4 Å². The number of nitrogens with one attached hydrogen (secondary N) is 1. The lowest BCUT2D eigenvalue weighted by molar-refractivity contribution is 0.0697. The summed E-state index contributed by atoms with van der Waals surface area (Å²) in [6, 6.07) is 12.5. The molecule has 0 spiro atoms. The molecular formula is C15H14BrNO3. The molecule has 2 aromatic rings. The van der Waals surface area contributed by atoms with Gasteiger partial charge in [0.25, 0.3) is 0 Å². The van der Waals surface area contributed by atoms with E-state index >= 15 is 0 Å². The van der Waals surface area contributed by atoms with Crippen LogP contribution in [0.4, 0.5) is 5.69 Å². The molecule has 0 aliphatic heterocycles. The highest BCUT2D eigenvalue weighted by Gasteiger charge is 2.03. The summed E-state index contributed by atoms with van der Waals surface area (Å²) in [5.41, 5.74) is 2.27. The standard InChI is InChI=1S/C15H14BrNO3/c1-20-14-7-6-12(8-13(14)16)17-9-10-2-4-11(5-3-10)15(18)19/h2-8,17H,9H2,1H3,(H,18,19). The Morgan fingerprint density at radius 1 is 1.25 bits per heavy atom. The molecule has 0 bridgehead atoms. The predicted octanol–water partition coefficient (Wildman–Crippen LogP) is 3.77. The van der Waals surface area contributed by atoms with E-state index in [1.807, 2.05) is 18.2 Å². The Morgan fingerprint density at radius 2 is 1.95 bits per heavy atom. The van der Waals surface area contributed by atoms with E-state index in [-0.39, 0.29) is 0 Å². The van der Waals surface area contributed by atoms with Crippen LogP contribution in [0.3, 0.4) is 0 Å². The van der Waals surface area contributed by atoms with Gasteiger partial charge in [-0.1, -0.05) is 12.1 Å². The molecule has 2 rings (SSSR count). The minimum Gasteiger partial charge on any atom is -0.496 e. The summed E-state index contributed by atoms with van der Waals surface area (Å²) in [6.07, 6.45) is 0. The summed E-state index contributed by atoms with van der Waals surface area (Å²) in [5.74, 6) is -0.134. The fraction of sp³-hybridized carbons (Fsp3) is 0.133. The van der Waals surface area contributed by atoms with E-state index in [1.54, 1.807) is 31.4 Å². The topological polar surface area (TPSA) is 58.6 Å². The fourth-order valence-electron chi connectivity index (χ4n) is 1.75. The summed E-state index contributed by atoms with van der Waals surface area (Å²) in [4.78, 5) is 10.8. The molecular weight excluding hydrogens is 322 g/mol. The number of methoxy groups -OCH3 is 1. The van der Waals surface area contributed by atoms with Gasteiger partial charge in [0.1, 0.15) is 5.75 Å². The monoisotopic (exact) mass is 335 g/mol. The minimum absolute atomic E-state index is 0.293. The van der Waals surface area contributed by atoms with E-state index in [2.05, 4.69) is 21.2 Å². The Morgan fingerprint density at radius 3 is 2.50 bits per heavy atom. The average molecular weight is 336 g/mol. The van der Waals surface area contributed by atoms with Gasteiger partial charge in [-0.25, -0.2) is 4.79 Å². The molecule has 0 atom stereocenters. The molecule has 0 heterocycles. The average Bonchev–Trinajstić information content (AvgIpc) is 2.45. The maximum atomic E-state index is 10.8. The van der Waals surface area contributed by atoms with E-state index in [1.165, 1.54) is 0 Å². The predicted molar refractivity (Wildman–Crippen MR) is 81.4 cm³/mol. The van der Waals surface area contributed by atoms with Crippen molar-refractivity contribution in [3.8, 4) is 5.75 Å². The molecule has 0 fully saturated rings. The number of benzene rings is 2. The highest BCUT2D eigenvalue weighted by atomic mass is 79.9. The van der Waals surface area contributed by atoms with Crippen LogP contribution in [0, 0.1) is 0 Å². The van der Waals surface area contributed by atoms with Crippen molar-refractivity contribution in [1.82, 2.24) is 0 Å². The Hall–Kier alpha value is -2.01. The number of carboxylic acids is 1. The number of ether oxygens (including phenoxy) is 1. The first kappa shape index (κ1) is 14.4. The lowest BCUT2D eigenvalue weighted by atomic mass is 10.1. The van der Waals surface area contributed by atoms with Gasteiger partial charge < -0.3 is 15.2 Å². The minimum atomic E-state index is -0.913. The smallest absolute Gasteiger partial charge is 0.335 e. The molecule has 0 amide bonds. The number of rotatable bonds is 5. The molecule has 0 saturated carbocycles. The van der Waals surface area contributed by atoms with Crippen LogP contribution >= 0.6 is 15.9 Å². The van der Waals surface area contributed by atoms with Gasteiger partial charge >= 0.3 is 5.97 Å². The van der Waals surface area contributed by atoms with Crippen LogP contribution < -0.4 is 10.1 Å². The normalized spacial score (nSPS) is 10.1. The maximum absolute atomic E-state index is 10.8. The van der Waals surface area contributed by atoms with Gasteiger partial charge in [0, 0.05) is 12.2 Å². The number of aromatic carboxylic acids is 1. The molecule has 5 heteroatoms. The second-order valence-electron chi connectivity index (χ2n) is 4.20. The molecule has 0 aromatic heterocycles. The van der Waals surface area contributed by atoms with Crippen LogP contribution in [0.2, 0.25) is 0 Å². The van der Waals surface area contributed by atoms with Gasteiger partial charge in [-0.05, 0) is 51.8 Å². The van der Waals surface area contributed by atoms with Crippen molar-refractivity contribution in [3.63, 3.8) is 0 Å². The zero-order valence-corrected chi connectivity index (χ0v) is 12.5. The fourth-order valence-corrected chi connectivity index (χ4v) is 2.29. The van der Waals surface area contributed by atoms with Crippen LogP contribution in [0.25, 0.3) is 0 Å². The van der Waals surface area contributed by atoms with Gasteiger partial charge in [-0.15, -0.1) is 0 Å². The molecule has 20 heavy (non-hydrogen) atoms. The molecule has 0 radical (unpaired) electrons. The second kappa shape index (κ2) is 6.43. The van der Waals surface area contributed by atoms with Crippen molar-refractivity contribution in [3.05, 3.63) is 58.1 Å². The van der Waals surface area contributed by atoms with Crippen LogP contribution in [-0.2, 0) is 6.54 Å². The SMILES string of the molecule is COc1ccc(NCc2ccc(C(=O)O)cc2)cc1Br. The largest absolute Gasteiger partial charge is 0.496 e. The first-order chi connectivity index (χ1) is 9.60. The van der Waals surface area contributed by atoms with Gasteiger partial charge in [-0.3, -0.25) is 0 Å². The molecule has 4 nitrogen and oxygen atoms in total. The summed E-state index contributed by atoms with van der Waals surface area (Å²) >= 11 is 3.43. The number of carboxylic acid groups (broad SMARTS) is 1. The van der Waals surface area contributed by atoms with E-state index in [0.29, 0.717) is 12.1 Å². The zero-order chi connectivity index (χ0) is 14.5. The van der Waals surface area contributed by atoms with Crippen molar-refractivity contribution in [2.45, 2.75) is 6.54 Å². The van der Waals surface area contributed by atoms with Crippen molar-refractivity contribution in [1.29, 1.82) is 0 Å². The molecule has 0 saturated heterocycles. The molecule has 0 aliphatic rings. The molecule has 104 valence electrons. The highest BCUT2D eigenvalue weighted by Crippen LogP contribution is 2.27. The maximum Gasteiger partial charge on any atom is 0.335 e. The summed E-state index contributed by atoms with van der Waals surface area (Å²) in [6.45, 7) is 0.624. The summed E-state index contributed by atoms with van der Waals surface area (Å²) < 4.78 is 6.05. The van der Waals surface area contributed by atoms with Crippen LogP contribution in [0.1, 0.15) is 15.9 Å². The summed E-state index contributed by atoms with van der Waals surface area (Å²) in [7, 11) is 1.62. The number of anilines is 1. The van der Waals surface area contributed by atoms with Gasteiger partial charge in [0.15, 0.2) is 0 Å². The highest BCUT2D eigenvalue weighted by molar-refractivity contribution is 9.10. The van der Waals surface area contributed by atoms with E-state index < -0.39 is 5.97 Å². The first-order valence-corrected chi connectivity index (χ1v) is 6.79. The number of hydrogen-bond acceptors (Lipinski definition) is 3. The van der Waals surface area contributed by atoms with Gasteiger partial charge in [0.2, 0.25) is 0 Å². The number of hydrogen-bond donors (Lipinski definition) is 2. The number of halogens is 1. The lowest BCUT2D eigenvalue weighted by Crippen LogP contribution is -2.01. The van der Waals surface area contributed by atoms with Crippen molar-refractivity contribution < 1.29 is 14.6 Å². The molecule has 0 unspecified atom stereocenters. The first-order valence-electron chi connectivity index (χ1n) is 6.00. The lowest BCUT2D eigenvalue weighted by Gasteiger charge is -2.09. The Kier molecular flexibility index (Phi) is 4.63. The quantitative estimate of drug-likeness (QED) is 0.873. The van der Waals surface area contributed by atoms with E-state index in [4.69, 9.17) is 9.84 Å². The second-order valence-corrected chi connectivity index (χ2v) is 5.06. The Balaban J connectivity index is 2.01. The van der Waals surface area contributed by atoms with Crippen molar-refractivity contribution in [2.24, 2.45) is 0 Å². The van der Waals surface area contributed by atoms with E-state index in [9.17, 15) is 4.79 Å². The molecule has 2 aromatic carbocycles. The van der Waals surface area contributed by atoms with Gasteiger partial charge in [-0.2, -0.15) is 0 Å². The zero-order valence-electron chi connectivity index (χ0n) is 10.9. The Labute approximate surface area is 125 Å². The van der Waals surface area contributed by atoms with Crippen LogP contribution in [-0.4, -0.2) is 18.2 Å². The third kappa shape index (κ3) is 3.51. The van der Waals surface area contributed by atoms with Crippen molar-refractivity contribution >= 4 is 27.6 Å². The van der Waals surface area contributed by atoms with Gasteiger partial charge in [0.05, 0.1) is 17.1 Å². The molecule has 2 N–H and O–H groups in total. The van der Waals surface area contributed by atoms with E-state index in [0.717, 1.165) is 21.5 Å². The third-order valence-electron chi connectivity index (χ3n) is 2.85. The molecule has 0 aliphatic carbocycles. The third-order valence-corrected chi connectivity index (χ3v) is 3.47. The Bertz CT molecular complexity index is 611.